The summed E-state index contributed by atoms with van der Waals surface area (Å²) in [5.74, 6) is 1.33. The second kappa shape index (κ2) is 8.68. The molecule has 6 heteroatoms. The van der Waals surface area contributed by atoms with Gasteiger partial charge in [-0.1, -0.05) is 12.1 Å². The van der Waals surface area contributed by atoms with Crippen LogP contribution in [0.2, 0.25) is 0 Å². The van der Waals surface area contributed by atoms with Crippen molar-refractivity contribution in [2.24, 2.45) is 0 Å². The molecule has 0 atom stereocenters. The molecule has 1 N–H and O–H groups in total. The van der Waals surface area contributed by atoms with Crippen molar-refractivity contribution in [1.29, 1.82) is 0 Å². The largest absolute Gasteiger partial charge is 0.493 e. The van der Waals surface area contributed by atoms with Gasteiger partial charge < -0.3 is 14.8 Å². The van der Waals surface area contributed by atoms with Gasteiger partial charge >= 0.3 is 0 Å². The zero-order valence-electron chi connectivity index (χ0n) is 15.7. The fourth-order valence-electron chi connectivity index (χ4n) is 3.32. The molecule has 1 amide bonds. The number of rotatable bonds is 7. The zero-order valence-corrected chi connectivity index (χ0v) is 15.7. The molecule has 0 bridgehead atoms. The zero-order chi connectivity index (χ0) is 19.2. The standard InChI is InChI=1S/C21H24N2O4/c1-26-19-11-16-6-8-23(13-18(16)12-20(19)27-2)9-7-22-21(25)17-5-3-4-15(10-17)14-24/h3-5,10-12,14H,6-9,13H2,1-2H3,(H,22,25). The molecule has 0 spiro atoms. The second-order valence-electron chi connectivity index (χ2n) is 6.50. The molecule has 0 aliphatic carbocycles. The summed E-state index contributed by atoms with van der Waals surface area (Å²) in [5.41, 5.74) is 3.50. The first-order valence-corrected chi connectivity index (χ1v) is 8.94. The highest BCUT2D eigenvalue weighted by atomic mass is 16.5. The fourth-order valence-corrected chi connectivity index (χ4v) is 3.32. The summed E-state index contributed by atoms with van der Waals surface area (Å²) in [6, 6.07) is 10.8. The van der Waals surface area contributed by atoms with Crippen LogP contribution >= 0.6 is 0 Å². The van der Waals surface area contributed by atoms with Gasteiger partial charge in [0, 0.05) is 37.3 Å². The first-order valence-electron chi connectivity index (χ1n) is 8.94. The van der Waals surface area contributed by atoms with Gasteiger partial charge in [0.2, 0.25) is 0 Å². The molecule has 0 radical (unpaired) electrons. The number of amides is 1. The van der Waals surface area contributed by atoms with Crippen LogP contribution in [0, 0.1) is 0 Å². The molecule has 0 saturated carbocycles. The Kier molecular flexibility index (Phi) is 6.08. The molecular weight excluding hydrogens is 344 g/mol. The van der Waals surface area contributed by atoms with E-state index < -0.39 is 0 Å². The van der Waals surface area contributed by atoms with Gasteiger partial charge in [-0.05, 0) is 41.8 Å². The van der Waals surface area contributed by atoms with Crippen LogP contribution in [0.3, 0.4) is 0 Å². The second-order valence-corrected chi connectivity index (χ2v) is 6.50. The molecule has 1 aliphatic heterocycles. The van der Waals surface area contributed by atoms with E-state index in [1.54, 1.807) is 38.5 Å². The fraction of sp³-hybridized carbons (Fsp3) is 0.333. The number of benzene rings is 2. The minimum absolute atomic E-state index is 0.164. The Hall–Kier alpha value is -2.86. The van der Waals surface area contributed by atoms with Crippen molar-refractivity contribution in [1.82, 2.24) is 10.2 Å². The highest BCUT2D eigenvalue weighted by Crippen LogP contribution is 2.33. The van der Waals surface area contributed by atoms with Crippen LogP contribution in [0.1, 0.15) is 31.8 Å². The van der Waals surface area contributed by atoms with Gasteiger partial charge in [-0.3, -0.25) is 14.5 Å². The van der Waals surface area contributed by atoms with Crippen LogP contribution < -0.4 is 14.8 Å². The monoisotopic (exact) mass is 368 g/mol. The lowest BCUT2D eigenvalue weighted by molar-refractivity contribution is 0.0947. The number of aldehydes is 1. The Morgan fingerprint density at radius 2 is 1.89 bits per heavy atom. The minimum Gasteiger partial charge on any atom is -0.493 e. The Morgan fingerprint density at radius 1 is 1.15 bits per heavy atom. The topological polar surface area (TPSA) is 67.9 Å². The van der Waals surface area contributed by atoms with E-state index in [4.69, 9.17) is 9.47 Å². The Labute approximate surface area is 159 Å². The van der Waals surface area contributed by atoms with E-state index >= 15 is 0 Å². The summed E-state index contributed by atoms with van der Waals surface area (Å²) >= 11 is 0. The number of fused-ring (bicyclic) bond motifs is 1. The molecule has 6 nitrogen and oxygen atoms in total. The highest BCUT2D eigenvalue weighted by molar-refractivity contribution is 5.95. The van der Waals surface area contributed by atoms with Crippen molar-refractivity contribution >= 4 is 12.2 Å². The van der Waals surface area contributed by atoms with Gasteiger partial charge in [0.25, 0.3) is 5.91 Å². The van der Waals surface area contributed by atoms with Crippen LogP contribution in [0.15, 0.2) is 36.4 Å². The van der Waals surface area contributed by atoms with Crippen LogP contribution in [0.25, 0.3) is 0 Å². The number of ether oxygens (including phenoxy) is 2. The maximum absolute atomic E-state index is 12.2. The lowest BCUT2D eigenvalue weighted by atomic mass is 9.99. The molecule has 2 aromatic carbocycles. The number of nitrogens with zero attached hydrogens (tertiary/aromatic N) is 1. The molecule has 0 unspecified atom stereocenters. The molecule has 0 fully saturated rings. The molecule has 0 aromatic heterocycles. The van der Waals surface area contributed by atoms with E-state index in [1.807, 2.05) is 12.1 Å². The molecule has 2 aromatic rings. The SMILES string of the molecule is COc1cc2c(cc1OC)CN(CCNC(=O)c1cccc(C=O)c1)CC2. The Bertz CT molecular complexity index is 835. The number of carbonyl (C=O) groups excluding carboxylic acids is 2. The van der Waals surface area contributed by atoms with E-state index in [0.29, 0.717) is 17.7 Å². The van der Waals surface area contributed by atoms with Gasteiger partial charge in [0.15, 0.2) is 11.5 Å². The summed E-state index contributed by atoms with van der Waals surface area (Å²) in [6.45, 7) is 3.05. The average molecular weight is 368 g/mol. The third kappa shape index (κ3) is 4.46. The lowest BCUT2D eigenvalue weighted by Gasteiger charge is -2.29. The van der Waals surface area contributed by atoms with E-state index in [-0.39, 0.29) is 5.91 Å². The summed E-state index contributed by atoms with van der Waals surface area (Å²) in [4.78, 5) is 25.4. The molecule has 3 rings (SSSR count). The molecule has 0 saturated heterocycles. The first kappa shape index (κ1) is 18.9. The average Bonchev–Trinajstić information content (AvgIpc) is 2.72. The minimum atomic E-state index is -0.164. The lowest BCUT2D eigenvalue weighted by Crippen LogP contribution is -2.37. The van der Waals surface area contributed by atoms with E-state index in [2.05, 4.69) is 10.2 Å². The van der Waals surface area contributed by atoms with Crippen molar-refractivity contribution in [3.63, 3.8) is 0 Å². The van der Waals surface area contributed by atoms with E-state index in [0.717, 1.165) is 43.8 Å². The van der Waals surface area contributed by atoms with Crippen molar-refractivity contribution in [3.05, 3.63) is 58.7 Å². The smallest absolute Gasteiger partial charge is 0.251 e. The molecular formula is C21H24N2O4. The maximum Gasteiger partial charge on any atom is 0.251 e. The number of carbonyl (C=O) groups is 2. The maximum atomic E-state index is 12.2. The van der Waals surface area contributed by atoms with Crippen LogP contribution in [-0.4, -0.2) is 50.9 Å². The quantitative estimate of drug-likeness (QED) is 0.760. The van der Waals surface area contributed by atoms with Crippen LogP contribution in [-0.2, 0) is 13.0 Å². The summed E-state index contributed by atoms with van der Waals surface area (Å²) in [6.07, 6.45) is 1.68. The van der Waals surface area contributed by atoms with Crippen molar-refractivity contribution in [3.8, 4) is 11.5 Å². The number of hydrogen-bond donors (Lipinski definition) is 1. The highest BCUT2D eigenvalue weighted by Gasteiger charge is 2.19. The molecule has 27 heavy (non-hydrogen) atoms. The van der Waals surface area contributed by atoms with Crippen molar-refractivity contribution in [2.45, 2.75) is 13.0 Å². The molecule has 1 heterocycles. The number of hydrogen-bond acceptors (Lipinski definition) is 5. The summed E-state index contributed by atoms with van der Waals surface area (Å²) < 4.78 is 10.8. The third-order valence-electron chi connectivity index (χ3n) is 4.80. The first-order chi connectivity index (χ1) is 13.1. The third-order valence-corrected chi connectivity index (χ3v) is 4.80. The normalized spacial score (nSPS) is 13.6. The number of nitrogens with one attached hydrogen (secondary N) is 1. The summed E-state index contributed by atoms with van der Waals surface area (Å²) in [5, 5.41) is 2.92. The Balaban J connectivity index is 1.55. The van der Waals surface area contributed by atoms with E-state index in [1.165, 1.54) is 11.1 Å². The molecule has 142 valence electrons. The van der Waals surface area contributed by atoms with E-state index in [9.17, 15) is 9.59 Å². The van der Waals surface area contributed by atoms with Crippen molar-refractivity contribution < 1.29 is 19.1 Å². The molecule has 1 aliphatic rings. The van der Waals surface area contributed by atoms with Crippen LogP contribution in [0.4, 0.5) is 0 Å². The summed E-state index contributed by atoms with van der Waals surface area (Å²) in [7, 11) is 3.28. The number of methoxy groups -OCH3 is 2. The predicted molar refractivity (Wildman–Crippen MR) is 103 cm³/mol. The van der Waals surface area contributed by atoms with Gasteiger partial charge in [-0.2, -0.15) is 0 Å². The van der Waals surface area contributed by atoms with Gasteiger partial charge in [-0.15, -0.1) is 0 Å². The van der Waals surface area contributed by atoms with Crippen LogP contribution in [0.5, 0.6) is 11.5 Å². The van der Waals surface area contributed by atoms with Gasteiger partial charge in [0.05, 0.1) is 14.2 Å². The predicted octanol–water partition coefficient (Wildman–Crippen LogP) is 2.30. The van der Waals surface area contributed by atoms with Gasteiger partial charge in [-0.25, -0.2) is 0 Å². The Morgan fingerprint density at radius 3 is 2.59 bits per heavy atom. The van der Waals surface area contributed by atoms with Crippen molar-refractivity contribution in [2.75, 3.05) is 33.9 Å². The van der Waals surface area contributed by atoms with Gasteiger partial charge in [0.1, 0.15) is 6.29 Å².